The molecule has 0 aliphatic carbocycles. The summed E-state index contributed by atoms with van der Waals surface area (Å²) in [6, 6.07) is 10.7. The van der Waals surface area contributed by atoms with Crippen LogP contribution in [0.2, 0.25) is 10.0 Å². The Hall–Kier alpha value is -1.27. The first-order chi connectivity index (χ1) is 11.6. The highest BCUT2D eigenvalue weighted by Crippen LogP contribution is 2.32. The summed E-state index contributed by atoms with van der Waals surface area (Å²) in [5.41, 5.74) is 1.39. The number of carbonyl (C=O) groups excluding carboxylic acids is 1. The van der Waals surface area contributed by atoms with Crippen molar-refractivity contribution < 1.29 is 9.53 Å². The van der Waals surface area contributed by atoms with E-state index in [1.807, 2.05) is 25.1 Å². The summed E-state index contributed by atoms with van der Waals surface area (Å²) in [5.74, 6) is 1.06. The van der Waals surface area contributed by atoms with Gasteiger partial charge in [0.2, 0.25) is 0 Å². The van der Waals surface area contributed by atoms with Gasteiger partial charge in [-0.1, -0.05) is 35.0 Å². The van der Waals surface area contributed by atoms with Crippen molar-refractivity contribution in [2.45, 2.75) is 11.3 Å². The minimum atomic E-state index is -0.0454. The monoisotopic (exact) mass is 397 g/mol. The zero-order chi connectivity index (χ0) is 17.1. The van der Waals surface area contributed by atoms with Crippen LogP contribution < -0.4 is 4.74 Å². The Morgan fingerprint density at radius 1 is 1.25 bits per heavy atom. The van der Waals surface area contributed by atoms with E-state index < -0.39 is 0 Å². The lowest BCUT2D eigenvalue weighted by Crippen LogP contribution is -2.03. The van der Waals surface area contributed by atoms with E-state index in [-0.39, 0.29) is 11.5 Å². The molecule has 124 valence electrons. The summed E-state index contributed by atoms with van der Waals surface area (Å²) in [7, 11) is 0. The number of hydrogen-bond donors (Lipinski definition) is 0. The Labute approximate surface area is 157 Å². The average Bonchev–Trinajstić information content (AvgIpc) is 2.95. The quantitative estimate of drug-likeness (QED) is 0.378. The van der Waals surface area contributed by atoms with Crippen LogP contribution in [0.5, 0.6) is 5.75 Å². The van der Waals surface area contributed by atoms with Gasteiger partial charge in [-0.15, -0.1) is 11.3 Å². The van der Waals surface area contributed by atoms with Crippen molar-refractivity contribution in [3.8, 4) is 5.75 Å². The standard InChI is InChI=1S/C17H13Cl2NO2S2/c1-2-22-11-4-6-14-16(8-11)24-17(20-14)23-9-15(21)12-5-3-10(18)7-13(12)19/h3-8H,2,9H2,1H3. The van der Waals surface area contributed by atoms with Gasteiger partial charge < -0.3 is 4.74 Å². The zero-order valence-electron chi connectivity index (χ0n) is 12.7. The zero-order valence-corrected chi connectivity index (χ0v) is 15.9. The van der Waals surface area contributed by atoms with Gasteiger partial charge in [0.1, 0.15) is 5.75 Å². The maximum atomic E-state index is 12.3. The smallest absolute Gasteiger partial charge is 0.174 e. The number of Topliss-reactive ketones (excluding diaryl/α,β-unsaturated/α-hetero) is 1. The Morgan fingerprint density at radius 2 is 2.08 bits per heavy atom. The summed E-state index contributed by atoms with van der Waals surface area (Å²) >= 11 is 14.9. The number of thioether (sulfide) groups is 1. The fourth-order valence-electron chi connectivity index (χ4n) is 2.12. The fraction of sp³-hybridized carbons (Fsp3) is 0.176. The van der Waals surface area contributed by atoms with Crippen molar-refractivity contribution in [3.63, 3.8) is 0 Å². The molecular formula is C17H13Cl2NO2S2. The van der Waals surface area contributed by atoms with E-state index in [4.69, 9.17) is 27.9 Å². The van der Waals surface area contributed by atoms with Crippen molar-refractivity contribution in [2.24, 2.45) is 0 Å². The number of ether oxygens (including phenoxy) is 1. The van der Waals surface area contributed by atoms with Gasteiger partial charge in [0, 0.05) is 10.6 Å². The van der Waals surface area contributed by atoms with E-state index in [2.05, 4.69) is 4.98 Å². The van der Waals surface area contributed by atoms with Crippen molar-refractivity contribution in [3.05, 3.63) is 52.0 Å². The highest BCUT2D eigenvalue weighted by atomic mass is 35.5. The number of benzene rings is 2. The molecule has 1 aromatic heterocycles. The van der Waals surface area contributed by atoms with Crippen molar-refractivity contribution in [1.82, 2.24) is 4.98 Å². The maximum absolute atomic E-state index is 12.3. The van der Waals surface area contributed by atoms with Gasteiger partial charge in [0.15, 0.2) is 10.1 Å². The van der Waals surface area contributed by atoms with Gasteiger partial charge >= 0.3 is 0 Å². The van der Waals surface area contributed by atoms with E-state index in [0.29, 0.717) is 22.2 Å². The molecule has 3 rings (SSSR count). The summed E-state index contributed by atoms with van der Waals surface area (Å²) in [6.07, 6.45) is 0. The molecule has 24 heavy (non-hydrogen) atoms. The van der Waals surface area contributed by atoms with E-state index in [9.17, 15) is 4.79 Å². The number of hydrogen-bond acceptors (Lipinski definition) is 5. The molecule has 0 fully saturated rings. The first-order valence-electron chi connectivity index (χ1n) is 7.21. The molecule has 0 unspecified atom stereocenters. The predicted molar refractivity (Wildman–Crippen MR) is 102 cm³/mol. The fourth-order valence-corrected chi connectivity index (χ4v) is 4.62. The Balaban J connectivity index is 1.72. The number of carbonyl (C=O) groups is 1. The molecule has 2 aromatic carbocycles. The molecule has 1 heterocycles. The first-order valence-corrected chi connectivity index (χ1v) is 9.77. The third-order valence-corrected chi connectivity index (χ3v) is 5.92. The molecule has 7 heteroatoms. The highest BCUT2D eigenvalue weighted by molar-refractivity contribution is 8.01. The lowest BCUT2D eigenvalue weighted by atomic mass is 10.1. The average molecular weight is 398 g/mol. The maximum Gasteiger partial charge on any atom is 0.174 e. The number of aromatic nitrogens is 1. The van der Waals surface area contributed by atoms with Crippen molar-refractivity contribution >= 4 is 62.3 Å². The molecule has 0 N–H and O–H groups in total. The molecule has 0 saturated heterocycles. The van der Waals surface area contributed by atoms with Crippen LogP contribution in [0.3, 0.4) is 0 Å². The summed E-state index contributed by atoms with van der Waals surface area (Å²) in [5, 5.41) is 0.888. The van der Waals surface area contributed by atoms with Crippen molar-refractivity contribution in [1.29, 1.82) is 0 Å². The van der Waals surface area contributed by atoms with E-state index in [1.54, 1.807) is 29.5 Å². The number of halogens is 2. The minimum absolute atomic E-state index is 0.0454. The van der Waals surface area contributed by atoms with Gasteiger partial charge in [-0.25, -0.2) is 4.98 Å². The van der Waals surface area contributed by atoms with Crippen LogP contribution in [0, 0.1) is 0 Å². The second-order valence-electron chi connectivity index (χ2n) is 4.88. The number of thiazole rings is 1. The third-order valence-electron chi connectivity index (χ3n) is 3.21. The Kier molecular flexibility index (Phi) is 5.66. The van der Waals surface area contributed by atoms with Gasteiger partial charge in [-0.2, -0.15) is 0 Å². The SMILES string of the molecule is CCOc1ccc2nc(SCC(=O)c3ccc(Cl)cc3Cl)sc2c1. The second kappa shape index (κ2) is 7.74. The molecule has 0 saturated carbocycles. The second-order valence-corrected chi connectivity index (χ2v) is 7.98. The van der Waals surface area contributed by atoms with E-state index in [1.165, 1.54) is 11.8 Å². The summed E-state index contributed by atoms with van der Waals surface area (Å²) in [4.78, 5) is 16.8. The highest BCUT2D eigenvalue weighted by Gasteiger charge is 2.13. The molecule has 3 aromatic rings. The normalized spacial score (nSPS) is 11.0. The van der Waals surface area contributed by atoms with Crippen LogP contribution in [-0.4, -0.2) is 23.1 Å². The molecular weight excluding hydrogens is 385 g/mol. The van der Waals surface area contributed by atoms with E-state index >= 15 is 0 Å². The molecule has 0 atom stereocenters. The largest absolute Gasteiger partial charge is 0.494 e. The number of ketones is 1. The van der Waals surface area contributed by atoms with Crippen LogP contribution in [0.15, 0.2) is 40.7 Å². The summed E-state index contributed by atoms with van der Waals surface area (Å²) < 4.78 is 7.38. The van der Waals surface area contributed by atoms with Crippen LogP contribution in [0.4, 0.5) is 0 Å². The van der Waals surface area contributed by atoms with Gasteiger partial charge in [-0.3, -0.25) is 4.79 Å². The number of fused-ring (bicyclic) bond motifs is 1. The Morgan fingerprint density at radius 3 is 2.83 bits per heavy atom. The summed E-state index contributed by atoms with van der Waals surface area (Å²) in [6.45, 7) is 2.58. The molecule has 0 aliphatic heterocycles. The Bertz CT molecular complexity index is 895. The third kappa shape index (κ3) is 4.03. The van der Waals surface area contributed by atoms with Gasteiger partial charge in [0.25, 0.3) is 0 Å². The van der Waals surface area contributed by atoms with Gasteiger partial charge in [0.05, 0.1) is 27.6 Å². The molecule has 0 amide bonds. The lowest BCUT2D eigenvalue weighted by molar-refractivity contribution is 0.102. The van der Waals surface area contributed by atoms with Crippen LogP contribution >= 0.6 is 46.3 Å². The van der Waals surface area contributed by atoms with Crippen molar-refractivity contribution in [2.75, 3.05) is 12.4 Å². The predicted octanol–water partition coefficient (Wildman–Crippen LogP) is 5.98. The topological polar surface area (TPSA) is 39.2 Å². The van der Waals surface area contributed by atoms with Gasteiger partial charge in [-0.05, 0) is 43.3 Å². The minimum Gasteiger partial charge on any atom is -0.494 e. The first kappa shape index (κ1) is 17.5. The molecule has 0 aliphatic rings. The molecule has 0 bridgehead atoms. The molecule has 0 spiro atoms. The van der Waals surface area contributed by atoms with Crippen LogP contribution in [0.1, 0.15) is 17.3 Å². The number of rotatable bonds is 6. The van der Waals surface area contributed by atoms with Crippen LogP contribution in [0.25, 0.3) is 10.2 Å². The van der Waals surface area contributed by atoms with E-state index in [0.717, 1.165) is 20.3 Å². The molecule has 3 nitrogen and oxygen atoms in total. The lowest BCUT2D eigenvalue weighted by Gasteiger charge is -2.02. The molecule has 0 radical (unpaired) electrons. The number of nitrogens with zero attached hydrogens (tertiary/aromatic N) is 1. The van der Waals surface area contributed by atoms with Crippen LogP contribution in [-0.2, 0) is 0 Å².